The van der Waals surface area contributed by atoms with E-state index in [1.165, 1.54) is 0 Å². The lowest BCUT2D eigenvalue weighted by molar-refractivity contribution is -0.161. The van der Waals surface area contributed by atoms with Crippen molar-refractivity contribution in [2.45, 2.75) is 5.79 Å². The van der Waals surface area contributed by atoms with Crippen LogP contribution >= 0.6 is 0 Å². The molecule has 0 aromatic heterocycles. The molecule has 0 atom stereocenters. The van der Waals surface area contributed by atoms with Gasteiger partial charge in [-0.15, -0.1) is 0 Å². The second-order valence-electron chi connectivity index (χ2n) is 2.01. The zero-order valence-corrected chi connectivity index (χ0v) is 4.52. The van der Waals surface area contributed by atoms with Crippen LogP contribution in [0.15, 0.2) is 0 Å². The largest absolute Gasteiger partial charge is 0.364 e. The van der Waals surface area contributed by atoms with Gasteiger partial charge in [-0.05, 0) is 0 Å². The van der Waals surface area contributed by atoms with Crippen molar-refractivity contribution in [2.24, 2.45) is 0 Å². The molecule has 4 heteroatoms. The van der Waals surface area contributed by atoms with Crippen LogP contribution in [0, 0.1) is 0 Å². The van der Waals surface area contributed by atoms with E-state index in [0.29, 0.717) is 6.67 Å². The minimum absolute atomic E-state index is 0.250. The number of nitrogens with one attached hydrogen (secondary N) is 2. The first-order valence-corrected chi connectivity index (χ1v) is 2.57. The van der Waals surface area contributed by atoms with E-state index in [-0.39, 0.29) is 13.1 Å². The molecule has 1 saturated heterocycles. The molecule has 0 unspecified atom stereocenters. The summed E-state index contributed by atoms with van der Waals surface area (Å²) in [7, 11) is 0. The third-order valence-corrected chi connectivity index (χ3v) is 1.07. The normalized spacial score (nSPS) is 27.8. The molecular formula is C4H10N2O2. The Labute approximate surface area is 47.5 Å². The molecule has 0 bridgehead atoms. The van der Waals surface area contributed by atoms with Gasteiger partial charge in [0, 0.05) is 6.67 Å². The standard InChI is InChI=1S/C4H10N2O2/c7-4(8)1-5-3-6-2-4/h5-8H,1-3H2. The molecule has 1 fully saturated rings. The van der Waals surface area contributed by atoms with Gasteiger partial charge in [0.05, 0.1) is 13.1 Å². The predicted octanol–water partition coefficient (Wildman–Crippen LogP) is -2.18. The van der Waals surface area contributed by atoms with E-state index in [9.17, 15) is 0 Å². The van der Waals surface area contributed by atoms with Crippen LogP contribution in [0.2, 0.25) is 0 Å². The van der Waals surface area contributed by atoms with Crippen LogP contribution in [-0.2, 0) is 0 Å². The Hall–Kier alpha value is -0.160. The van der Waals surface area contributed by atoms with E-state index in [2.05, 4.69) is 10.6 Å². The second kappa shape index (κ2) is 1.99. The predicted molar refractivity (Wildman–Crippen MR) is 28.0 cm³/mol. The number of hydrogen-bond donors (Lipinski definition) is 4. The third kappa shape index (κ3) is 1.41. The van der Waals surface area contributed by atoms with Crippen molar-refractivity contribution in [1.82, 2.24) is 10.6 Å². The minimum Gasteiger partial charge on any atom is -0.364 e. The van der Waals surface area contributed by atoms with Crippen LogP contribution in [0.25, 0.3) is 0 Å². The molecule has 4 nitrogen and oxygen atoms in total. The van der Waals surface area contributed by atoms with Gasteiger partial charge >= 0.3 is 0 Å². The van der Waals surface area contributed by atoms with E-state index < -0.39 is 5.79 Å². The number of β-amino-alcohol motifs (C(OH)–C–C–N with tert-alkyl or cyclic N) is 2. The Bertz CT molecular complexity index is 76.1. The van der Waals surface area contributed by atoms with E-state index in [1.54, 1.807) is 0 Å². The van der Waals surface area contributed by atoms with Crippen molar-refractivity contribution in [1.29, 1.82) is 0 Å². The molecule has 0 radical (unpaired) electrons. The van der Waals surface area contributed by atoms with Crippen molar-refractivity contribution in [3.05, 3.63) is 0 Å². The zero-order valence-electron chi connectivity index (χ0n) is 4.52. The summed E-state index contributed by atoms with van der Waals surface area (Å²) in [5, 5.41) is 23.1. The summed E-state index contributed by atoms with van der Waals surface area (Å²) in [6, 6.07) is 0. The first-order chi connectivity index (χ1) is 3.71. The van der Waals surface area contributed by atoms with E-state index in [4.69, 9.17) is 10.2 Å². The maximum Gasteiger partial charge on any atom is 0.188 e. The van der Waals surface area contributed by atoms with Crippen LogP contribution in [-0.4, -0.2) is 35.8 Å². The van der Waals surface area contributed by atoms with Crippen molar-refractivity contribution in [2.75, 3.05) is 19.8 Å². The molecule has 1 heterocycles. The summed E-state index contributed by atoms with van der Waals surface area (Å²) in [6.07, 6.45) is 0. The monoisotopic (exact) mass is 118 g/mol. The van der Waals surface area contributed by atoms with Crippen molar-refractivity contribution in [3.8, 4) is 0 Å². The first-order valence-electron chi connectivity index (χ1n) is 2.57. The lowest BCUT2D eigenvalue weighted by Gasteiger charge is -2.27. The van der Waals surface area contributed by atoms with Gasteiger partial charge in [0.25, 0.3) is 0 Å². The van der Waals surface area contributed by atoms with Crippen LogP contribution in [0.1, 0.15) is 0 Å². The van der Waals surface area contributed by atoms with E-state index >= 15 is 0 Å². The molecule has 0 aliphatic carbocycles. The molecule has 8 heavy (non-hydrogen) atoms. The molecule has 0 aromatic carbocycles. The average Bonchev–Trinajstić information content (AvgIpc) is 1.65. The van der Waals surface area contributed by atoms with Gasteiger partial charge in [-0.2, -0.15) is 0 Å². The van der Waals surface area contributed by atoms with Gasteiger partial charge in [0.15, 0.2) is 5.79 Å². The van der Waals surface area contributed by atoms with Crippen molar-refractivity contribution in [3.63, 3.8) is 0 Å². The molecule has 0 saturated carbocycles. The molecule has 1 aliphatic rings. The molecule has 1 rings (SSSR count). The van der Waals surface area contributed by atoms with Gasteiger partial charge in [0.1, 0.15) is 0 Å². The van der Waals surface area contributed by atoms with E-state index in [1.807, 2.05) is 0 Å². The fourth-order valence-electron chi connectivity index (χ4n) is 0.676. The summed E-state index contributed by atoms with van der Waals surface area (Å²) in [4.78, 5) is 0. The molecular weight excluding hydrogens is 108 g/mol. The smallest absolute Gasteiger partial charge is 0.188 e. The van der Waals surface area contributed by atoms with E-state index in [0.717, 1.165) is 0 Å². The molecule has 0 spiro atoms. The summed E-state index contributed by atoms with van der Waals surface area (Å²) < 4.78 is 0. The van der Waals surface area contributed by atoms with Crippen LogP contribution in [0.4, 0.5) is 0 Å². The third-order valence-electron chi connectivity index (χ3n) is 1.07. The highest BCUT2D eigenvalue weighted by atomic mass is 16.5. The fourth-order valence-corrected chi connectivity index (χ4v) is 0.676. The number of rotatable bonds is 0. The quantitative estimate of drug-likeness (QED) is 0.273. The van der Waals surface area contributed by atoms with Crippen molar-refractivity contribution < 1.29 is 10.2 Å². The lowest BCUT2D eigenvalue weighted by Crippen LogP contribution is -2.56. The highest BCUT2D eigenvalue weighted by molar-refractivity contribution is 4.74. The maximum atomic E-state index is 8.80. The zero-order chi connectivity index (χ0) is 6.04. The minimum atomic E-state index is -1.54. The van der Waals surface area contributed by atoms with Gasteiger partial charge in [-0.1, -0.05) is 0 Å². The molecule has 1 aliphatic heterocycles. The molecule has 0 aromatic rings. The maximum absolute atomic E-state index is 8.80. The van der Waals surface area contributed by atoms with Crippen molar-refractivity contribution >= 4 is 0 Å². The highest BCUT2D eigenvalue weighted by Gasteiger charge is 2.24. The van der Waals surface area contributed by atoms with Gasteiger partial charge in [0.2, 0.25) is 0 Å². The summed E-state index contributed by atoms with van der Waals surface area (Å²) in [5.41, 5.74) is 0. The lowest BCUT2D eigenvalue weighted by atomic mass is 10.2. The number of aliphatic hydroxyl groups is 2. The van der Waals surface area contributed by atoms with Crippen LogP contribution in [0.5, 0.6) is 0 Å². The first kappa shape index (κ1) is 5.97. The highest BCUT2D eigenvalue weighted by Crippen LogP contribution is 1.96. The summed E-state index contributed by atoms with van der Waals surface area (Å²) in [5.74, 6) is -1.54. The van der Waals surface area contributed by atoms with Crippen LogP contribution < -0.4 is 10.6 Å². The number of hydrogen-bond acceptors (Lipinski definition) is 4. The molecule has 0 amide bonds. The Morgan fingerprint density at radius 3 is 1.88 bits per heavy atom. The Balaban J connectivity index is 2.33. The molecule has 4 N–H and O–H groups in total. The summed E-state index contributed by atoms with van der Waals surface area (Å²) in [6.45, 7) is 1.16. The second-order valence-corrected chi connectivity index (χ2v) is 2.01. The average molecular weight is 118 g/mol. The van der Waals surface area contributed by atoms with Crippen LogP contribution in [0.3, 0.4) is 0 Å². The Kier molecular flexibility index (Phi) is 1.48. The Morgan fingerprint density at radius 1 is 1.12 bits per heavy atom. The van der Waals surface area contributed by atoms with Gasteiger partial charge in [-0.25, -0.2) is 0 Å². The summed E-state index contributed by atoms with van der Waals surface area (Å²) >= 11 is 0. The van der Waals surface area contributed by atoms with Gasteiger partial charge < -0.3 is 10.2 Å². The fraction of sp³-hybridized carbons (Fsp3) is 1.00. The topological polar surface area (TPSA) is 64.5 Å². The molecule has 48 valence electrons. The Morgan fingerprint density at radius 2 is 1.62 bits per heavy atom. The van der Waals surface area contributed by atoms with Gasteiger partial charge in [-0.3, -0.25) is 10.6 Å². The SMILES string of the molecule is OC1(O)CNCNC1.